The molecule has 3 heteroatoms. The second kappa shape index (κ2) is 6.75. The highest BCUT2D eigenvalue weighted by molar-refractivity contribution is 8.00. The Morgan fingerprint density at radius 2 is 2.00 bits per heavy atom. The van der Waals surface area contributed by atoms with E-state index >= 15 is 0 Å². The highest BCUT2D eigenvalue weighted by Crippen LogP contribution is 2.26. The first-order valence-electron chi connectivity index (χ1n) is 5.25. The Labute approximate surface area is 96.4 Å². The first-order valence-corrected chi connectivity index (χ1v) is 6.13. The van der Waals surface area contributed by atoms with Crippen molar-refractivity contribution in [2.75, 3.05) is 20.7 Å². The van der Waals surface area contributed by atoms with Gasteiger partial charge in [0.2, 0.25) is 0 Å². The normalized spacial score (nSPS) is 12.5. The number of nitrogens with one attached hydrogen (secondary N) is 1. The van der Waals surface area contributed by atoms with Crippen molar-refractivity contribution in [1.29, 1.82) is 0 Å². The smallest absolute Gasteiger partial charge is 0.118 e. The van der Waals surface area contributed by atoms with Crippen molar-refractivity contribution >= 4 is 11.8 Å². The minimum atomic E-state index is 0.642. The van der Waals surface area contributed by atoms with Crippen LogP contribution in [0.3, 0.4) is 0 Å². The van der Waals surface area contributed by atoms with Crippen LogP contribution in [-0.4, -0.2) is 26.0 Å². The summed E-state index contributed by atoms with van der Waals surface area (Å²) in [5, 5.41) is 3.86. The summed E-state index contributed by atoms with van der Waals surface area (Å²) in [7, 11) is 3.69. The lowest BCUT2D eigenvalue weighted by Gasteiger charge is -2.13. The minimum Gasteiger partial charge on any atom is -0.497 e. The minimum absolute atomic E-state index is 0.642. The Balaban J connectivity index is 2.55. The van der Waals surface area contributed by atoms with E-state index < -0.39 is 0 Å². The standard InChI is InChI=1S/C12H19NOS/c1-4-11(9-13-2)15-12-7-5-10(14-3)6-8-12/h5-8,11,13H,4,9H2,1-3H3. The summed E-state index contributed by atoms with van der Waals surface area (Å²) in [4.78, 5) is 1.30. The summed E-state index contributed by atoms with van der Waals surface area (Å²) in [6.07, 6.45) is 1.18. The van der Waals surface area contributed by atoms with E-state index in [2.05, 4.69) is 24.4 Å². The zero-order valence-electron chi connectivity index (χ0n) is 9.62. The molecule has 0 heterocycles. The number of ether oxygens (including phenoxy) is 1. The van der Waals surface area contributed by atoms with Gasteiger partial charge in [0.15, 0.2) is 0 Å². The molecule has 1 atom stereocenters. The topological polar surface area (TPSA) is 21.3 Å². The summed E-state index contributed by atoms with van der Waals surface area (Å²) < 4.78 is 5.13. The van der Waals surface area contributed by atoms with Crippen molar-refractivity contribution in [3.8, 4) is 5.75 Å². The second-order valence-corrected chi connectivity index (χ2v) is 4.76. The zero-order valence-corrected chi connectivity index (χ0v) is 10.4. The van der Waals surface area contributed by atoms with Crippen LogP contribution >= 0.6 is 11.8 Å². The second-order valence-electron chi connectivity index (χ2n) is 3.38. The molecule has 0 amide bonds. The first-order chi connectivity index (χ1) is 7.30. The van der Waals surface area contributed by atoms with Gasteiger partial charge in [-0.3, -0.25) is 0 Å². The number of methoxy groups -OCH3 is 1. The molecule has 0 radical (unpaired) electrons. The highest BCUT2D eigenvalue weighted by Gasteiger charge is 2.06. The number of thioether (sulfide) groups is 1. The number of benzene rings is 1. The Kier molecular flexibility index (Phi) is 5.58. The Morgan fingerprint density at radius 1 is 1.33 bits per heavy atom. The number of hydrogen-bond donors (Lipinski definition) is 1. The molecule has 0 saturated heterocycles. The van der Waals surface area contributed by atoms with E-state index in [1.165, 1.54) is 11.3 Å². The number of hydrogen-bond acceptors (Lipinski definition) is 3. The van der Waals surface area contributed by atoms with E-state index in [1.54, 1.807) is 7.11 Å². The van der Waals surface area contributed by atoms with Gasteiger partial charge in [-0.15, -0.1) is 11.8 Å². The van der Waals surface area contributed by atoms with Crippen LogP contribution in [0.4, 0.5) is 0 Å². The molecule has 2 nitrogen and oxygen atoms in total. The van der Waals surface area contributed by atoms with Crippen molar-refractivity contribution in [2.24, 2.45) is 0 Å². The summed E-state index contributed by atoms with van der Waals surface area (Å²) in [6, 6.07) is 8.24. The average molecular weight is 225 g/mol. The zero-order chi connectivity index (χ0) is 11.1. The average Bonchev–Trinajstić information content (AvgIpc) is 2.29. The monoisotopic (exact) mass is 225 g/mol. The molecule has 1 aromatic carbocycles. The molecule has 0 bridgehead atoms. The summed E-state index contributed by atoms with van der Waals surface area (Å²) >= 11 is 1.91. The largest absolute Gasteiger partial charge is 0.497 e. The van der Waals surface area contributed by atoms with E-state index in [4.69, 9.17) is 4.74 Å². The highest BCUT2D eigenvalue weighted by atomic mass is 32.2. The molecule has 0 saturated carbocycles. The SMILES string of the molecule is CCC(CNC)Sc1ccc(OC)cc1. The summed E-state index contributed by atoms with van der Waals surface area (Å²) in [5.41, 5.74) is 0. The first kappa shape index (κ1) is 12.4. The van der Waals surface area contributed by atoms with Crippen LogP contribution in [0.25, 0.3) is 0 Å². The Hall–Kier alpha value is -0.670. The molecule has 0 fully saturated rings. The summed E-state index contributed by atoms with van der Waals surface area (Å²) in [6.45, 7) is 3.27. The lowest BCUT2D eigenvalue weighted by atomic mass is 10.3. The van der Waals surface area contributed by atoms with E-state index in [-0.39, 0.29) is 0 Å². The van der Waals surface area contributed by atoms with Crippen molar-refractivity contribution in [2.45, 2.75) is 23.5 Å². The molecule has 0 spiro atoms. The van der Waals surface area contributed by atoms with E-state index in [1.807, 2.05) is 30.9 Å². The van der Waals surface area contributed by atoms with Gasteiger partial charge in [-0.1, -0.05) is 6.92 Å². The van der Waals surface area contributed by atoms with Gasteiger partial charge in [0.25, 0.3) is 0 Å². The maximum atomic E-state index is 5.13. The molecule has 1 aromatic rings. The van der Waals surface area contributed by atoms with Crippen LogP contribution in [0, 0.1) is 0 Å². The van der Waals surface area contributed by atoms with Gasteiger partial charge in [-0.25, -0.2) is 0 Å². The van der Waals surface area contributed by atoms with Crippen LogP contribution in [0.15, 0.2) is 29.2 Å². The predicted octanol–water partition coefficient (Wildman–Crippen LogP) is 2.79. The lowest BCUT2D eigenvalue weighted by molar-refractivity contribution is 0.414. The molecule has 15 heavy (non-hydrogen) atoms. The van der Waals surface area contributed by atoms with Gasteiger partial charge in [0, 0.05) is 16.7 Å². The fourth-order valence-corrected chi connectivity index (χ4v) is 2.44. The quantitative estimate of drug-likeness (QED) is 0.752. The van der Waals surface area contributed by atoms with Crippen molar-refractivity contribution < 1.29 is 4.74 Å². The molecule has 0 aliphatic carbocycles. The van der Waals surface area contributed by atoms with Crippen molar-refractivity contribution in [3.63, 3.8) is 0 Å². The van der Waals surface area contributed by atoms with Crippen LogP contribution in [-0.2, 0) is 0 Å². The lowest BCUT2D eigenvalue weighted by Crippen LogP contribution is -2.19. The maximum Gasteiger partial charge on any atom is 0.118 e. The van der Waals surface area contributed by atoms with E-state index in [0.29, 0.717) is 5.25 Å². The van der Waals surface area contributed by atoms with Crippen LogP contribution < -0.4 is 10.1 Å². The molecule has 1 rings (SSSR count). The molecular weight excluding hydrogens is 206 g/mol. The van der Waals surface area contributed by atoms with Crippen LogP contribution in [0.2, 0.25) is 0 Å². The fraction of sp³-hybridized carbons (Fsp3) is 0.500. The van der Waals surface area contributed by atoms with Crippen molar-refractivity contribution in [3.05, 3.63) is 24.3 Å². The third-order valence-corrected chi connectivity index (χ3v) is 3.63. The van der Waals surface area contributed by atoms with Gasteiger partial charge in [0.05, 0.1) is 7.11 Å². The Morgan fingerprint density at radius 3 is 2.47 bits per heavy atom. The third kappa shape index (κ3) is 4.14. The van der Waals surface area contributed by atoms with Gasteiger partial charge in [-0.2, -0.15) is 0 Å². The fourth-order valence-electron chi connectivity index (χ4n) is 1.34. The van der Waals surface area contributed by atoms with Crippen LogP contribution in [0.1, 0.15) is 13.3 Å². The molecule has 1 unspecified atom stereocenters. The molecule has 0 aliphatic rings. The molecule has 0 aliphatic heterocycles. The maximum absolute atomic E-state index is 5.13. The molecule has 0 aromatic heterocycles. The van der Waals surface area contributed by atoms with Crippen LogP contribution in [0.5, 0.6) is 5.75 Å². The third-order valence-electron chi connectivity index (χ3n) is 2.25. The van der Waals surface area contributed by atoms with Gasteiger partial charge in [-0.05, 0) is 37.7 Å². The van der Waals surface area contributed by atoms with Gasteiger partial charge in [0.1, 0.15) is 5.75 Å². The Bertz CT molecular complexity index is 273. The van der Waals surface area contributed by atoms with E-state index in [0.717, 1.165) is 12.3 Å². The summed E-state index contributed by atoms with van der Waals surface area (Å²) in [5.74, 6) is 0.918. The predicted molar refractivity (Wildman–Crippen MR) is 66.9 cm³/mol. The molecular formula is C12H19NOS. The van der Waals surface area contributed by atoms with E-state index in [9.17, 15) is 0 Å². The molecule has 1 N–H and O–H groups in total. The van der Waals surface area contributed by atoms with Crippen molar-refractivity contribution in [1.82, 2.24) is 5.32 Å². The van der Waals surface area contributed by atoms with Gasteiger partial charge < -0.3 is 10.1 Å². The van der Waals surface area contributed by atoms with Gasteiger partial charge >= 0.3 is 0 Å². The number of rotatable bonds is 6. The molecule has 84 valence electrons.